The highest BCUT2D eigenvalue weighted by molar-refractivity contribution is 14.0. The van der Waals surface area contributed by atoms with Gasteiger partial charge in [0.1, 0.15) is 0 Å². The van der Waals surface area contributed by atoms with E-state index in [9.17, 15) is 4.21 Å². The first-order chi connectivity index (χ1) is 11.8. The van der Waals surface area contributed by atoms with Gasteiger partial charge in [-0.05, 0) is 39.0 Å². The lowest BCUT2D eigenvalue weighted by Crippen LogP contribution is -2.53. The number of benzene rings is 1. The van der Waals surface area contributed by atoms with Crippen molar-refractivity contribution in [3.8, 4) is 0 Å². The third-order valence-corrected chi connectivity index (χ3v) is 6.39. The molecule has 0 saturated carbocycles. The first-order valence-corrected chi connectivity index (χ1v) is 10.4. The number of guanidine groups is 1. The van der Waals surface area contributed by atoms with Crippen LogP contribution in [0.15, 0.2) is 29.3 Å². The zero-order valence-corrected chi connectivity index (χ0v) is 19.9. The number of nitrogens with zero attached hydrogens (tertiary/aromatic N) is 3. The summed E-state index contributed by atoms with van der Waals surface area (Å²) < 4.78 is 12.0. The molecule has 0 bridgehead atoms. The molecule has 0 amide bonds. The first-order valence-electron chi connectivity index (χ1n) is 8.66. The summed E-state index contributed by atoms with van der Waals surface area (Å²) in [5, 5.41) is 4.12. The third-order valence-electron chi connectivity index (χ3n) is 4.22. The number of rotatable bonds is 4. The lowest BCUT2D eigenvalue weighted by molar-refractivity contribution is 0.373. The van der Waals surface area contributed by atoms with Crippen LogP contribution in [-0.2, 0) is 10.8 Å². The Hall–Kier alpha value is -0.540. The third kappa shape index (κ3) is 6.88. The number of halogens is 2. The molecule has 26 heavy (non-hydrogen) atoms. The molecule has 0 aliphatic carbocycles. The van der Waals surface area contributed by atoms with Gasteiger partial charge in [-0.1, -0.05) is 17.7 Å². The molecule has 0 aromatic heterocycles. The number of hydrogen-bond acceptors (Lipinski definition) is 3. The SMILES string of the molecule is CN=C(NCCS(=O)C(C)(C)C)N1CCN(c2cccc(Cl)c2)CC1.I. The summed E-state index contributed by atoms with van der Waals surface area (Å²) in [5.74, 6) is 1.52. The molecule has 2 rings (SSSR count). The van der Waals surface area contributed by atoms with Gasteiger partial charge in [0.2, 0.25) is 0 Å². The van der Waals surface area contributed by atoms with Crippen molar-refractivity contribution in [3.05, 3.63) is 29.3 Å². The van der Waals surface area contributed by atoms with E-state index in [-0.39, 0.29) is 28.7 Å². The Morgan fingerprint density at radius 3 is 2.46 bits per heavy atom. The molecule has 0 spiro atoms. The van der Waals surface area contributed by atoms with Gasteiger partial charge in [0.05, 0.1) is 0 Å². The van der Waals surface area contributed by atoms with Crippen LogP contribution in [0.25, 0.3) is 0 Å². The van der Waals surface area contributed by atoms with E-state index in [0.717, 1.165) is 42.8 Å². The fraction of sp³-hybridized carbons (Fsp3) is 0.611. The average Bonchev–Trinajstić information content (AvgIpc) is 2.58. The lowest BCUT2D eigenvalue weighted by atomic mass is 10.2. The predicted molar refractivity (Wildman–Crippen MR) is 125 cm³/mol. The minimum absolute atomic E-state index is 0. The van der Waals surface area contributed by atoms with Crippen LogP contribution in [0.3, 0.4) is 0 Å². The zero-order valence-electron chi connectivity index (χ0n) is 16.0. The van der Waals surface area contributed by atoms with E-state index < -0.39 is 10.8 Å². The quantitative estimate of drug-likeness (QED) is 0.382. The highest BCUT2D eigenvalue weighted by atomic mass is 127. The van der Waals surface area contributed by atoms with Gasteiger partial charge in [-0.3, -0.25) is 9.20 Å². The second-order valence-corrected chi connectivity index (χ2v) is 9.85. The van der Waals surface area contributed by atoms with Crippen molar-refractivity contribution in [2.75, 3.05) is 50.4 Å². The minimum Gasteiger partial charge on any atom is -0.368 e. The summed E-state index contributed by atoms with van der Waals surface area (Å²) in [6.45, 7) is 10.3. The van der Waals surface area contributed by atoms with E-state index in [4.69, 9.17) is 11.6 Å². The molecule has 0 radical (unpaired) electrons. The number of anilines is 1. The molecule has 1 aromatic rings. The van der Waals surface area contributed by atoms with Crippen molar-refractivity contribution in [2.45, 2.75) is 25.5 Å². The maximum Gasteiger partial charge on any atom is 0.193 e. The van der Waals surface area contributed by atoms with Crippen molar-refractivity contribution >= 4 is 58.0 Å². The monoisotopic (exact) mass is 512 g/mol. The molecule has 1 fully saturated rings. The van der Waals surface area contributed by atoms with Crippen LogP contribution < -0.4 is 10.2 Å². The summed E-state index contributed by atoms with van der Waals surface area (Å²) in [7, 11) is 0.948. The van der Waals surface area contributed by atoms with Crippen molar-refractivity contribution in [2.24, 2.45) is 4.99 Å². The fourth-order valence-corrected chi connectivity index (χ4v) is 3.83. The Morgan fingerprint density at radius 2 is 1.92 bits per heavy atom. The summed E-state index contributed by atoms with van der Waals surface area (Å²) in [6.07, 6.45) is 0. The molecule has 1 aliphatic rings. The molecule has 148 valence electrons. The molecule has 1 heterocycles. The van der Waals surface area contributed by atoms with E-state index >= 15 is 0 Å². The van der Waals surface area contributed by atoms with Gasteiger partial charge < -0.3 is 15.1 Å². The van der Waals surface area contributed by atoms with Gasteiger partial charge in [-0.25, -0.2) is 0 Å². The number of aliphatic imine (C=N–C) groups is 1. The molecule has 1 unspecified atom stereocenters. The number of hydrogen-bond donors (Lipinski definition) is 1. The minimum atomic E-state index is -0.850. The van der Waals surface area contributed by atoms with Crippen LogP contribution in [0, 0.1) is 0 Å². The molecule has 1 aromatic carbocycles. The highest BCUT2D eigenvalue weighted by Crippen LogP contribution is 2.20. The van der Waals surface area contributed by atoms with Crippen molar-refractivity contribution < 1.29 is 4.21 Å². The van der Waals surface area contributed by atoms with Gasteiger partial charge in [-0.15, -0.1) is 24.0 Å². The van der Waals surface area contributed by atoms with Crippen molar-refractivity contribution in [1.82, 2.24) is 10.2 Å². The van der Waals surface area contributed by atoms with Crippen molar-refractivity contribution in [3.63, 3.8) is 0 Å². The Balaban J connectivity index is 0.00000338. The van der Waals surface area contributed by atoms with Gasteiger partial charge >= 0.3 is 0 Å². The predicted octanol–water partition coefficient (Wildman–Crippen LogP) is 3.20. The molecular formula is C18H30ClIN4OS. The maximum absolute atomic E-state index is 12.1. The normalized spacial score (nSPS) is 16.9. The lowest BCUT2D eigenvalue weighted by Gasteiger charge is -2.37. The number of nitrogens with one attached hydrogen (secondary N) is 1. The Bertz CT molecular complexity index is 628. The Morgan fingerprint density at radius 1 is 1.27 bits per heavy atom. The summed E-state index contributed by atoms with van der Waals surface area (Å²) in [5.41, 5.74) is 1.16. The molecular weight excluding hydrogens is 483 g/mol. The van der Waals surface area contributed by atoms with Gasteiger partial charge in [0.15, 0.2) is 5.96 Å². The number of piperazine rings is 1. The van der Waals surface area contributed by atoms with Crippen LogP contribution in [-0.4, -0.2) is 65.3 Å². The molecule has 1 saturated heterocycles. The van der Waals surface area contributed by atoms with E-state index in [2.05, 4.69) is 26.2 Å². The van der Waals surface area contributed by atoms with Crippen LogP contribution in [0.5, 0.6) is 0 Å². The second-order valence-electron chi connectivity index (χ2n) is 7.09. The van der Waals surface area contributed by atoms with Crippen LogP contribution in [0.1, 0.15) is 20.8 Å². The topological polar surface area (TPSA) is 47.9 Å². The highest BCUT2D eigenvalue weighted by Gasteiger charge is 2.21. The van der Waals surface area contributed by atoms with Gasteiger partial charge in [0.25, 0.3) is 0 Å². The molecule has 5 nitrogen and oxygen atoms in total. The van der Waals surface area contributed by atoms with Crippen molar-refractivity contribution in [1.29, 1.82) is 0 Å². The van der Waals surface area contributed by atoms with Gasteiger partial charge in [-0.2, -0.15) is 0 Å². The zero-order chi connectivity index (χ0) is 18.4. The summed E-state index contributed by atoms with van der Waals surface area (Å²) in [4.78, 5) is 8.96. The Labute approximate surface area is 182 Å². The smallest absolute Gasteiger partial charge is 0.193 e. The van der Waals surface area contributed by atoms with E-state index in [1.54, 1.807) is 7.05 Å². The van der Waals surface area contributed by atoms with E-state index in [1.807, 2.05) is 39.0 Å². The maximum atomic E-state index is 12.1. The average molecular weight is 513 g/mol. The first kappa shape index (κ1) is 23.5. The van der Waals surface area contributed by atoms with Crippen LogP contribution in [0.4, 0.5) is 5.69 Å². The molecule has 1 N–H and O–H groups in total. The van der Waals surface area contributed by atoms with Crippen LogP contribution in [0.2, 0.25) is 5.02 Å². The largest absolute Gasteiger partial charge is 0.368 e. The molecule has 1 aliphatic heterocycles. The standard InChI is InChI=1S/C18H29ClN4OS.HI/c1-18(2,3)25(24)13-8-21-17(20-4)23-11-9-22(10-12-23)16-7-5-6-15(19)14-16;/h5-7,14H,8-13H2,1-4H3,(H,20,21);1H. The Kier molecular flexibility index (Phi) is 9.68. The van der Waals surface area contributed by atoms with E-state index in [1.165, 1.54) is 0 Å². The second kappa shape index (κ2) is 10.7. The van der Waals surface area contributed by atoms with E-state index in [0.29, 0.717) is 12.3 Å². The fourth-order valence-electron chi connectivity index (χ4n) is 2.74. The summed E-state index contributed by atoms with van der Waals surface area (Å²) in [6, 6.07) is 7.98. The van der Waals surface area contributed by atoms with Crippen LogP contribution >= 0.6 is 35.6 Å². The molecule has 8 heteroatoms. The molecule has 1 atom stereocenters. The summed E-state index contributed by atoms with van der Waals surface area (Å²) >= 11 is 6.09. The van der Waals surface area contributed by atoms with Gasteiger partial charge in [0, 0.05) is 71.8 Å².